The Labute approximate surface area is 494 Å². The van der Waals surface area contributed by atoms with Crippen LogP contribution >= 0.6 is 0 Å². The van der Waals surface area contributed by atoms with Gasteiger partial charge in [-0.15, -0.1) is 0 Å². The third kappa shape index (κ3) is 20.1. The zero-order valence-corrected chi connectivity index (χ0v) is 49.4. The van der Waals surface area contributed by atoms with Gasteiger partial charge in [-0.3, -0.25) is 39.4 Å². The number of piperidine rings is 1. The predicted molar refractivity (Wildman–Crippen MR) is 322 cm³/mol. The van der Waals surface area contributed by atoms with Crippen LogP contribution in [0.15, 0.2) is 92.3 Å². The monoisotopic (exact) mass is 1160 g/mol. The molecule has 5 aromatic rings. The van der Waals surface area contributed by atoms with Crippen LogP contribution in [0.4, 0.5) is 28.4 Å². The van der Waals surface area contributed by atoms with Crippen LogP contribution in [-0.2, 0) is 23.8 Å². The van der Waals surface area contributed by atoms with Crippen LogP contribution in [0.5, 0.6) is 28.7 Å². The largest absolute Gasteiger partial charge is 0.490 e. The van der Waals surface area contributed by atoms with Gasteiger partial charge >= 0.3 is 11.9 Å². The fourth-order valence-corrected chi connectivity index (χ4v) is 10.8. The van der Waals surface area contributed by atoms with Gasteiger partial charge in [0, 0.05) is 86.5 Å². The molecular weight excluding hydrogens is 1070 g/mol. The van der Waals surface area contributed by atoms with E-state index in [0.29, 0.717) is 71.3 Å². The first-order chi connectivity index (χ1) is 40.8. The van der Waals surface area contributed by atoms with Gasteiger partial charge in [-0.05, 0) is 117 Å². The zero-order chi connectivity index (χ0) is 59.6. The van der Waals surface area contributed by atoms with Crippen molar-refractivity contribution in [3.05, 3.63) is 92.3 Å². The van der Waals surface area contributed by atoms with Crippen LogP contribution in [0.3, 0.4) is 0 Å². The van der Waals surface area contributed by atoms with Crippen molar-refractivity contribution < 1.29 is 47.5 Å². The predicted octanol–water partition coefficient (Wildman–Crippen LogP) is 6.73. The Morgan fingerprint density at radius 2 is 0.786 bits per heavy atom. The summed E-state index contributed by atoms with van der Waals surface area (Å²) < 4.78 is 43.7. The number of hydrogen-bond donors (Lipinski definition) is 5. The van der Waals surface area contributed by atoms with Gasteiger partial charge < -0.3 is 76.4 Å². The molecule has 10 N–H and O–H groups in total. The molecule has 6 fully saturated rings. The molecule has 2 aliphatic carbocycles. The lowest BCUT2D eigenvalue weighted by Crippen LogP contribution is -2.52. The van der Waals surface area contributed by atoms with E-state index in [4.69, 9.17) is 66.6 Å². The molecule has 4 saturated heterocycles. The number of nitrogen functional groups attached to an aromatic ring is 5. The molecule has 0 radical (unpaired) electrons. The number of likely N-dealkylation sites (tertiary alicyclic amines) is 3. The summed E-state index contributed by atoms with van der Waals surface area (Å²) >= 11 is 0. The van der Waals surface area contributed by atoms with E-state index in [0.717, 1.165) is 108 Å². The van der Waals surface area contributed by atoms with E-state index in [9.17, 15) is 9.59 Å². The smallest absolute Gasteiger partial charge is 0.308 e. The van der Waals surface area contributed by atoms with E-state index < -0.39 is 0 Å². The highest BCUT2D eigenvalue weighted by Gasteiger charge is 2.32. The number of anilines is 5. The fourth-order valence-electron chi connectivity index (χ4n) is 10.8. The normalized spacial score (nSPS) is 22.7. The number of esters is 2. The summed E-state index contributed by atoms with van der Waals surface area (Å²) in [5, 5.41) is 0. The van der Waals surface area contributed by atoms with E-state index in [1.807, 2.05) is 18.2 Å². The molecule has 0 spiro atoms. The third-order valence-corrected chi connectivity index (χ3v) is 16.2. The summed E-state index contributed by atoms with van der Waals surface area (Å²) in [6.45, 7) is 7.72. The minimum absolute atomic E-state index is 0.0182. The Morgan fingerprint density at radius 1 is 0.464 bits per heavy atom. The lowest BCUT2D eigenvalue weighted by atomic mass is 9.87. The maximum absolute atomic E-state index is 11.4. The van der Waals surface area contributed by atoms with Crippen molar-refractivity contribution in [1.82, 2.24) is 39.6 Å². The average Bonchev–Trinajstić information content (AvgIpc) is 4.28. The Morgan fingerprint density at radius 3 is 1.06 bits per heavy atom. The molecular formula is C61H89N13O10. The highest BCUT2D eigenvalue weighted by atomic mass is 16.5. The summed E-state index contributed by atoms with van der Waals surface area (Å²) in [6, 6.07) is 10.7. The first kappa shape index (κ1) is 64.1. The lowest BCUT2D eigenvalue weighted by Gasteiger charge is -2.41. The molecule has 11 rings (SSSR count). The summed E-state index contributed by atoms with van der Waals surface area (Å²) in [5.74, 6) is 3.40. The van der Waals surface area contributed by atoms with Gasteiger partial charge in [0.25, 0.3) is 0 Å². The van der Waals surface area contributed by atoms with Crippen LogP contribution in [0.2, 0.25) is 0 Å². The number of hydrogen-bond acceptors (Lipinski definition) is 23. The first-order valence-corrected chi connectivity index (χ1v) is 29.4. The van der Waals surface area contributed by atoms with E-state index in [1.54, 1.807) is 74.1 Å². The van der Waals surface area contributed by atoms with E-state index in [2.05, 4.69) is 53.7 Å². The Bertz CT molecular complexity index is 2600. The van der Waals surface area contributed by atoms with Crippen molar-refractivity contribution in [1.29, 1.82) is 0 Å². The Balaban J connectivity index is 0.000000151. The molecule has 0 bridgehead atoms. The topological polar surface area (TPSA) is 312 Å². The van der Waals surface area contributed by atoms with Crippen molar-refractivity contribution in [3.63, 3.8) is 0 Å². The molecule has 23 heteroatoms. The quantitative estimate of drug-likeness (QED) is 0.0679. The number of pyridine rings is 5. The number of carbonyl (C=O) groups excluding carboxylic acids is 2. The first-order valence-electron chi connectivity index (χ1n) is 29.4. The number of carbonyl (C=O) groups is 2. The van der Waals surface area contributed by atoms with Gasteiger partial charge in [-0.1, -0.05) is 0 Å². The number of ether oxygens (including phenoxy) is 8. The molecule has 0 unspecified atom stereocenters. The standard InChI is InChI=1S/C13H19N3O2.2C13H18N2O3.2C11H17N3O/c14-12-7-15-4-1-13(12)18-11-2-5-16(6-3-11)10-8-17-9-10;2*1-17-13(16)9-2-4-10(5-3-9)18-12-6-7-15-8-11(12)14;2*1-14-6-2-3-9(14)8-15-11-4-5-13-7-10(11)12/h1,4,7,10-11H,2-3,5-6,8-9,14H2;2*6-10H,2-5,14H2,1H3;2*4-5,7,9H,2-3,6,8,12H2,1H3/t;;;2*9-/m...10/s1. The maximum atomic E-state index is 11.4. The average molecular weight is 1160 g/mol. The molecule has 9 heterocycles. The van der Waals surface area contributed by atoms with E-state index in [-0.39, 0.29) is 42.1 Å². The molecule has 458 valence electrons. The minimum Gasteiger partial charge on any atom is -0.490 e. The van der Waals surface area contributed by atoms with Crippen LogP contribution in [0.25, 0.3) is 0 Å². The molecule has 6 aliphatic rings. The van der Waals surface area contributed by atoms with Gasteiger partial charge in [0.2, 0.25) is 0 Å². The van der Waals surface area contributed by atoms with Crippen molar-refractivity contribution in [2.24, 2.45) is 11.8 Å². The highest BCUT2D eigenvalue weighted by molar-refractivity contribution is 5.72. The molecule has 84 heavy (non-hydrogen) atoms. The molecule has 2 atom stereocenters. The molecule has 2 saturated carbocycles. The zero-order valence-electron chi connectivity index (χ0n) is 49.4. The molecule has 4 aliphatic heterocycles. The number of nitrogens with zero attached hydrogens (tertiary/aromatic N) is 8. The van der Waals surface area contributed by atoms with Crippen LogP contribution in [0.1, 0.15) is 89.9 Å². The van der Waals surface area contributed by atoms with E-state index in [1.165, 1.54) is 53.0 Å². The lowest BCUT2D eigenvalue weighted by molar-refractivity contribution is -0.147. The number of rotatable bonds is 15. The maximum Gasteiger partial charge on any atom is 0.308 e. The van der Waals surface area contributed by atoms with Crippen molar-refractivity contribution in [3.8, 4) is 28.7 Å². The molecule has 23 nitrogen and oxygen atoms in total. The molecule has 0 amide bonds. The van der Waals surface area contributed by atoms with Gasteiger partial charge in [-0.25, -0.2) is 0 Å². The minimum atomic E-state index is -0.114. The summed E-state index contributed by atoms with van der Waals surface area (Å²) in [4.78, 5) is 49.6. The van der Waals surface area contributed by atoms with Crippen molar-refractivity contribution in [2.45, 2.75) is 126 Å². The number of aromatic nitrogens is 5. The molecule has 0 aromatic carbocycles. The van der Waals surface area contributed by atoms with Crippen LogP contribution in [0, 0.1) is 11.8 Å². The van der Waals surface area contributed by atoms with Gasteiger partial charge in [0.1, 0.15) is 48.1 Å². The van der Waals surface area contributed by atoms with Crippen LogP contribution < -0.4 is 52.4 Å². The summed E-state index contributed by atoms with van der Waals surface area (Å²) in [6.07, 6.45) is 30.6. The van der Waals surface area contributed by atoms with E-state index >= 15 is 0 Å². The fraction of sp³-hybridized carbons (Fsp3) is 0.557. The van der Waals surface area contributed by atoms with Crippen molar-refractivity contribution >= 4 is 40.4 Å². The number of likely N-dealkylation sites (N-methyl/N-ethyl adjacent to an activating group) is 2. The van der Waals surface area contributed by atoms with Gasteiger partial charge in [-0.2, -0.15) is 0 Å². The van der Waals surface area contributed by atoms with Crippen molar-refractivity contribution in [2.75, 3.05) is 110 Å². The second kappa shape index (κ2) is 33.7. The summed E-state index contributed by atoms with van der Waals surface area (Å²) in [7, 11) is 7.14. The van der Waals surface area contributed by atoms with Crippen LogP contribution in [-0.4, -0.2) is 169 Å². The van der Waals surface area contributed by atoms with Gasteiger partial charge in [0.05, 0.1) is 117 Å². The second-order valence-electron chi connectivity index (χ2n) is 22.0. The third-order valence-electron chi connectivity index (χ3n) is 16.2. The second-order valence-corrected chi connectivity index (χ2v) is 22.0. The number of methoxy groups -OCH3 is 2. The highest BCUT2D eigenvalue weighted by Crippen LogP contribution is 2.33. The number of nitrogens with two attached hydrogens (primary N) is 5. The van der Waals surface area contributed by atoms with Gasteiger partial charge in [0.15, 0.2) is 0 Å². The Hall–Kier alpha value is -7.47. The Kier molecular flexibility index (Phi) is 25.7. The SMILES string of the molecule is CN1CCC[C@@H]1COc1ccncc1N.CN1CCC[C@H]1COc1ccncc1N.COC(=O)C1CCC(Oc2ccncc2N)CC1.COC(=O)C1CCC(Oc2ccncc2N)CC1.Nc1cnccc1OC1CCN(C2COC2)CC1. The summed E-state index contributed by atoms with van der Waals surface area (Å²) in [5.41, 5.74) is 31.8. The molecule has 5 aromatic heterocycles.